The van der Waals surface area contributed by atoms with Gasteiger partial charge < -0.3 is 5.32 Å². The molecule has 0 fully saturated rings. The van der Waals surface area contributed by atoms with Gasteiger partial charge in [-0.2, -0.15) is 13.2 Å². The second-order valence-corrected chi connectivity index (χ2v) is 9.93. The van der Waals surface area contributed by atoms with Gasteiger partial charge in [-0.05, 0) is 51.9 Å². The van der Waals surface area contributed by atoms with Gasteiger partial charge in [0.25, 0.3) is 0 Å². The number of aromatic nitrogens is 1. The Kier molecular flexibility index (Phi) is 6.63. The van der Waals surface area contributed by atoms with Crippen molar-refractivity contribution in [2.75, 3.05) is 11.6 Å². The molecule has 0 spiro atoms. The highest BCUT2D eigenvalue weighted by Gasteiger charge is 2.39. The summed E-state index contributed by atoms with van der Waals surface area (Å²) in [7, 11) is -3.29. The molecule has 0 unspecified atom stereocenters. The second-order valence-electron chi connectivity index (χ2n) is 6.48. The summed E-state index contributed by atoms with van der Waals surface area (Å²) in [5.41, 5.74) is 2.45. The molecule has 1 aromatic heterocycles. The van der Waals surface area contributed by atoms with Crippen LogP contribution in [0.2, 0.25) is 5.02 Å². The summed E-state index contributed by atoms with van der Waals surface area (Å²) < 4.78 is 60.7. The van der Waals surface area contributed by atoms with Crippen LogP contribution in [0.4, 0.5) is 18.9 Å². The van der Waals surface area contributed by atoms with E-state index in [0.29, 0.717) is 11.3 Å². The van der Waals surface area contributed by atoms with Gasteiger partial charge in [0, 0.05) is 11.8 Å². The van der Waals surface area contributed by atoms with Gasteiger partial charge in [-0.3, -0.25) is 4.79 Å². The number of hydrogen-bond donors (Lipinski definition) is 1. The molecule has 0 bridgehead atoms. The van der Waals surface area contributed by atoms with Crippen LogP contribution in [0.15, 0.2) is 59.5 Å². The van der Waals surface area contributed by atoms with Crippen LogP contribution in [0.1, 0.15) is 0 Å². The Morgan fingerprint density at radius 2 is 1.48 bits per heavy atom. The molecule has 31 heavy (non-hydrogen) atoms. The molecule has 1 heterocycles. The number of alkyl halides is 3. The van der Waals surface area contributed by atoms with Crippen LogP contribution in [-0.2, 0) is 14.6 Å². The Balaban J connectivity index is 1.87. The number of halogens is 5. The van der Waals surface area contributed by atoms with Crippen molar-refractivity contribution in [3.8, 4) is 22.4 Å². The lowest BCUT2D eigenvalue weighted by molar-refractivity contribution is -0.167. The van der Waals surface area contributed by atoms with Crippen LogP contribution in [0.3, 0.4) is 0 Å². The molecule has 5 nitrogen and oxygen atoms in total. The molecule has 2 aromatic carbocycles. The van der Waals surface area contributed by atoms with Crippen LogP contribution in [0.25, 0.3) is 22.4 Å². The van der Waals surface area contributed by atoms with Crippen molar-refractivity contribution in [1.82, 2.24) is 4.98 Å². The number of rotatable bonds is 4. The summed E-state index contributed by atoms with van der Waals surface area (Å²) in [5, 5.41) is 1.83. The van der Waals surface area contributed by atoms with Crippen molar-refractivity contribution in [3.63, 3.8) is 0 Å². The van der Waals surface area contributed by atoms with E-state index in [2.05, 4.69) is 4.98 Å². The van der Waals surface area contributed by atoms with Gasteiger partial charge >= 0.3 is 12.1 Å². The zero-order valence-corrected chi connectivity index (χ0v) is 19.4. The Morgan fingerprint density at radius 1 is 1.00 bits per heavy atom. The quantitative estimate of drug-likeness (QED) is 0.323. The molecule has 162 valence electrons. The Hall–Kier alpha value is -2.18. The predicted octanol–water partition coefficient (Wildman–Crippen LogP) is 5.58. The molecule has 3 rings (SSSR count). The van der Waals surface area contributed by atoms with E-state index in [-0.39, 0.29) is 19.3 Å². The highest BCUT2D eigenvalue weighted by Crippen LogP contribution is 2.33. The van der Waals surface area contributed by atoms with Crippen LogP contribution in [0, 0.1) is 3.70 Å². The molecule has 0 aliphatic carbocycles. The molecule has 0 atom stereocenters. The lowest BCUT2D eigenvalue weighted by Gasteiger charge is -2.12. The third-order valence-electron chi connectivity index (χ3n) is 4.21. The molecule has 0 aliphatic heterocycles. The van der Waals surface area contributed by atoms with E-state index in [0.717, 1.165) is 17.4 Å². The lowest BCUT2D eigenvalue weighted by Crippen LogP contribution is -2.30. The minimum Gasteiger partial charge on any atom is -0.316 e. The van der Waals surface area contributed by atoms with Gasteiger partial charge in [-0.25, -0.2) is 13.4 Å². The number of sulfone groups is 1. The van der Waals surface area contributed by atoms with E-state index in [4.69, 9.17) is 11.6 Å². The number of pyridine rings is 1. The fourth-order valence-electron chi connectivity index (χ4n) is 2.66. The summed E-state index contributed by atoms with van der Waals surface area (Å²) in [4.78, 5) is 15.6. The minimum absolute atomic E-state index is 0.0724. The lowest BCUT2D eigenvalue weighted by atomic mass is 10.0. The van der Waals surface area contributed by atoms with Crippen LogP contribution >= 0.6 is 34.2 Å². The molecular formula is C20H13ClF3IN2O3S. The smallest absolute Gasteiger partial charge is 0.316 e. The highest BCUT2D eigenvalue weighted by atomic mass is 127. The molecular weight excluding hydrogens is 568 g/mol. The summed E-state index contributed by atoms with van der Waals surface area (Å²) in [6.45, 7) is 0. The van der Waals surface area contributed by atoms with E-state index in [1.165, 1.54) is 18.2 Å². The fourth-order valence-corrected chi connectivity index (χ4v) is 4.09. The summed E-state index contributed by atoms with van der Waals surface area (Å²) in [5.74, 6) is -2.11. The number of carbonyl (C=O) groups excluding carboxylic acids is 1. The van der Waals surface area contributed by atoms with Crippen LogP contribution in [-0.4, -0.2) is 31.7 Å². The molecule has 0 saturated heterocycles. The first-order chi connectivity index (χ1) is 14.4. The van der Waals surface area contributed by atoms with Crippen molar-refractivity contribution in [3.05, 3.63) is 63.3 Å². The summed E-state index contributed by atoms with van der Waals surface area (Å²) >= 11 is 7.91. The summed E-state index contributed by atoms with van der Waals surface area (Å²) in [6, 6.07) is 14.7. The maximum absolute atomic E-state index is 12.5. The van der Waals surface area contributed by atoms with Gasteiger partial charge in [-0.1, -0.05) is 48.0 Å². The monoisotopic (exact) mass is 580 g/mol. The average Bonchev–Trinajstić information content (AvgIpc) is 2.69. The maximum Gasteiger partial charge on any atom is 0.471 e. The van der Waals surface area contributed by atoms with Gasteiger partial charge in [0.05, 0.1) is 21.3 Å². The fraction of sp³-hybridized carbons (Fsp3) is 0.100. The van der Waals surface area contributed by atoms with Gasteiger partial charge in [0.2, 0.25) is 0 Å². The molecule has 3 aromatic rings. The molecule has 0 radical (unpaired) electrons. The number of anilines is 1. The van der Waals surface area contributed by atoms with Gasteiger partial charge in [-0.15, -0.1) is 0 Å². The first-order valence-electron chi connectivity index (χ1n) is 8.51. The number of carbonyl (C=O) groups is 1. The standard InChI is InChI=1S/C20H13ClF3IN2O3S/c1-31(29,30)14-8-6-12(7-9-14)11-2-4-13(5-3-11)17-15(21)10-16(18(25)27-17)26-19(28)20(22,23)24/h2-10H,1H3,(H,26,28). The third kappa shape index (κ3) is 5.55. The number of hydrogen-bond acceptors (Lipinski definition) is 4. The molecule has 0 aliphatic rings. The van der Waals surface area contributed by atoms with Crippen LogP contribution < -0.4 is 5.32 Å². The molecule has 11 heteroatoms. The maximum atomic E-state index is 12.5. The first-order valence-corrected chi connectivity index (χ1v) is 11.9. The van der Waals surface area contributed by atoms with E-state index in [1.54, 1.807) is 64.3 Å². The first kappa shape index (κ1) is 23.5. The second kappa shape index (κ2) is 8.75. The number of nitrogens with zero attached hydrogens (tertiary/aromatic N) is 1. The van der Waals surface area contributed by atoms with Crippen molar-refractivity contribution >= 4 is 55.6 Å². The summed E-state index contributed by atoms with van der Waals surface area (Å²) in [6.07, 6.45) is -3.89. The molecule has 1 N–H and O–H groups in total. The van der Waals surface area contributed by atoms with Crippen molar-refractivity contribution < 1.29 is 26.4 Å². The van der Waals surface area contributed by atoms with Crippen molar-refractivity contribution in [2.45, 2.75) is 11.1 Å². The van der Waals surface area contributed by atoms with Crippen molar-refractivity contribution in [2.24, 2.45) is 0 Å². The number of nitrogens with one attached hydrogen (secondary N) is 1. The van der Waals surface area contributed by atoms with E-state index < -0.39 is 21.9 Å². The predicted molar refractivity (Wildman–Crippen MR) is 121 cm³/mol. The topological polar surface area (TPSA) is 76.1 Å². The Bertz CT molecular complexity index is 1250. The number of amides is 1. The number of benzene rings is 2. The minimum atomic E-state index is -5.02. The highest BCUT2D eigenvalue weighted by molar-refractivity contribution is 14.1. The third-order valence-corrected chi connectivity index (χ3v) is 6.45. The largest absolute Gasteiger partial charge is 0.471 e. The molecule has 1 amide bonds. The van der Waals surface area contributed by atoms with Gasteiger partial charge in [0.15, 0.2) is 9.84 Å². The van der Waals surface area contributed by atoms with Crippen molar-refractivity contribution in [1.29, 1.82) is 0 Å². The average molecular weight is 581 g/mol. The van der Waals surface area contributed by atoms with Gasteiger partial charge in [0.1, 0.15) is 3.70 Å². The van der Waals surface area contributed by atoms with Crippen LogP contribution in [0.5, 0.6) is 0 Å². The van der Waals surface area contributed by atoms with E-state index in [9.17, 15) is 26.4 Å². The van der Waals surface area contributed by atoms with E-state index in [1.807, 2.05) is 0 Å². The Morgan fingerprint density at radius 3 is 1.97 bits per heavy atom. The Labute approximate surface area is 194 Å². The zero-order chi connectivity index (χ0) is 23.0. The molecule has 0 saturated carbocycles. The zero-order valence-electron chi connectivity index (χ0n) is 15.7. The normalized spacial score (nSPS) is 11.9. The van der Waals surface area contributed by atoms with E-state index >= 15 is 0 Å². The SMILES string of the molecule is CS(=O)(=O)c1ccc(-c2ccc(-c3nc(I)c(NC(=O)C(F)(F)F)cc3Cl)cc2)cc1.